The van der Waals surface area contributed by atoms with E-state index >= 15 is 0 Å². The van der Waals surface area contributed by atoms with E-state index in [1.54, 1.807) is 24.5 Å². The van der Waals surface area contributed by atoms with Gasteiger partial charge in [-0.1, -0.05) is 42.5 Å². The van der Waals surface area contributed by atoms with Crippen molar-refractivity contribution in [3.05, 3.63) is 58.8 Å². The first-order valence-electron chi connectivity index (χ1n) is 9.45. The second-order valence-corrected chi connectivity index (χ2v) is 7.75. The molecule has 144 valence electrons. The van der Waals surface area contributed by atoms with Crippen molar-refractivity contribution in [2.75, 3.05) is 10.6 Å². The third kappa shape index (κ3) is 4.72. The zero-order chi connectivity index (χ0) is 19.3. The minimum absolute atomic E-state index is 0.413. The van der Waals surface area contributed by atoms with Crippen molar-refractivity contribution in [2.24, 2.45) is 0 Å². The highest BCUT2D eigenvalue weighted by molar-refractivity contribution is 6.42. The summed E-state index contributed by atoms with van der Waals surface area (Å²) < 4.78 is 0. The van der Waals surface area contributed by atoms with Gasteiger partial charge in [-0.15, -0.1) is 0 Å². The minimum Gasteiger partial charge on any atom is -0.351 e. The Morgan fingerprint density at radius 2 is 1.79 bits per heavy atom. The van der Waals surface area contributed by atoms with E-state index in [2.05, 4.69) is 20.6 Å². The Balaban J connectivity index is 1.65. The Labute approximate surface area is 174 Å². The summed E-state index contributed by atoms with van der Waals surface area (Å²) in [4.78, 5) is 13.6. The summed E-state index contributed by atoms with van der Waals surface area (Å²) in [6.45, 7) is 0. The summed E-state index contributed by atoms with van der Waals surface area (Å²) in [6.07, 6.45) is 9.64. The van der Waals surface area contributed by atoms with Crippen LogP contribution in [-0.2, 0) is 0 Å². The Morgan fingerprint density at radius 3 is 2.54 bits per heavy atom. The molecule has 0 saturated heterocycles. The smallest absolute Gasteiger partial charge is 0.225 e. The van der Waals surface area contributed by atoms with Gasteiger partial charge in [0.05, 0.1) is 15.7 Å². The van der Waals surface area contributed by atoms with Crippen LogP contribution in [0.3, 0.4) is 0 Å². The normalized spacial score (nSPS) is 14.6. The summed E-state index contributed by atoms with van der Waals surface area (Å²) >= 11 is 12.2. The Morgan fingerprint density at radius 1 is 0.929 bits per heavy atom. The maximum Gasteiger partial charge on any atom is 0.225 e. The second kappa shape index (κ2) is 8.76. The number of anilines is 3. The SMILES string of the molecule is Clc1ccc(Nc2cc(-c3cccnc3)nc(NC3CCCCC3)n2)cc1Cl. The number of hydrogen-bond acceptors (Lipinski definition) is 5. The molecule has 3 aromatic rings. The third-order valence-electron chi connectivity index (χ3n) is 4.81. The molecule has 0 radical (unpaired) electrons. The van der Waals surface area contributed by atoms with Gasteiger partial charge in [0.15, 0.2) is 0 Å². The highest BCUT2D eigenvalue weighted by Crippen LogP contribution is 2.29. The van der Waals surface area contributed by atoms with Crippen LogP contribution in [0.5, 0.6) is 0 Å². The lowest BCUT2D eigenvalue weighted by Gasteiger charge is -2.23. The number of hydrogen-bond donors (Lipinski definition) is 2. The lowest BCUT2D eigenvalue weighted by atomic mass is 9.96. The zero-order valence-corrected chi connectivity index (χ0v) is 16.8. The summed E-state index contributed by atoms with van der Waals surface area (Å²) in [5.41, 5.74) is 2.56. The fourth-order valence-corrected chi connectivity index (χ4v) is 3.69. The van der Waals surface area contributed by atoms with Gasteiger partial charge in [-0.3, -0.25) is 4.98 Å². The van der Waals surface area contributed by atoms with Crippen molar-refractivity contribution >= 4 is 40.7 Å². The number of rotatable bonds is 5. The minimum atomic E-state index is 0.413. The Hall–Kier alpha value is -2.37. The second-order valence-electron chi connectivity index (χ2n) is 6.94. The lowest BCUT2D eigenvalue weighted by molar-refractivity contribution is 0.461. The largest absolute Gasteiger partial charge is 0.351 e. The van der Waals surface area contributed by atoms with Gasteiger partial charge in [-0.05, 0) is 43.2 Å². The van der Waals surface area contributed by atoms with Crippen molar-refractivity contribution in [1.82, 2.24) is 15.0 Å². The quantitative estimate of drug-likeness (QED) is 0.511. The topological polar surface area (TPSA) is 62.7 Å². The van der Waals surface area contributed by atoms with Crippen LogP contribution in [0, 0.1) is 0 Å². The first kappa shape index (κ1) is 19.0. The molecule has 1 saturated carbocycles. The third-order valence-corrected chi connectivity index (χ3v) is 5.55. The molecule has 0 bridgehead atoms. The van der Waals surface area contributed by atoms with Gasteiger partial charge in [0.25, 0.3) is 0 Å². The molecule has 0 amide bonds. The molecule has 4 rings (SSSR count). The van der Waals surface area contributed by atoms with Crippen LogP contribution >= 0.6 is 23.2 Å². The Bertz CT molecular complexity index is 943. The molecule has 0 unspecified atom stereocenters. The van der Waals surface area contributed by atoms with Crippen LogP contribution < -0.4 is 10.6 Å². The zero-order valence-electron chi connectivity index (χ0n) is 15.3. The number of nitrogens with one attached hydrogen (secondary N) is 2. The molecule has 2 N–H and O–H groups in total. The molecule has 1 fully saturated rings. The van der Waals surface area contributed by atoms with E-state index in [0.717, 1.165) is 29.8 Å². The van der Waals surface area contributed by atoms with E-state index in [9.17, 15) is 0 Å². The van der Waals surface area contributed by atoms with Crippen LogP contribution in [0.2, 0.25) is 10.0 Å². The average molecular weight is 414 g/mol. The first-order valence-corrected chi connectivity index (χ1v) is 10.2. The summed E-state index contributed by atoms with van der Waals surface area (Å²) in [5.74, 6) is 1.31. The van der Waals surface area contributed by atoms with E-state index < -0.39 is 0 Å². The Kier molecular flexibility index (Phi) is 5.93. The van der Waals surface area contributed by atoms with Gasteiger partial charge < -0.3 is 10.6 Å². The predicted octanol–water partition coefficient (Wildman–Crippen LogP) is 6.33. The molecule has 7 heteroatoms. The standard InChI is InChI=1S/C21H21Cl2N5/c22-17-9-8-16(11-18(17)23)25-20-12-19(14-5-4-10-24-13-14)27-21(28-20)26-15-6-2-1-3-7-15/h4-5,8-13,15H,1-3,6-7H2,(H2,25,26,27,28). The molecule has 0 aliphatic heterocycles. The van der Waals surface area contributed by atoms with Gasteiger partial charge in [0.2, 0.25) is 5.95 Å². The van der Waals surface area contributed by atoms with Crippen LogP contribution in [-0.4, -0.2) is 21.0 Å². The summed E-state index contributed by atoms with van der Waals surface area (Å²) in [5, 5.41) is 7.83. The van der Waals surface area contributed by atoms with Crippen molar-refractivity contribution in [1.29, 1.82) is 0 Å². The van der Waals surface area contributed by atoms with E-state index in [1.807, 2.05) is 24.3 Å². The number of aromatic nitrogens is 3. The van der Waals surface area contributed by atoms with E-state index in [-0.39, 0.29) is 0 Å². The van der Waals surface area contributed by atoms with Gasteiger partial charge in [-0.25, -0.2) is 4.98 Å². The fraction of sp³-hybridized carbons (Fsp3) is 0.286. The monoisotopic (exact) mass is 413 g/mol. The van der Waals surface area contributed by atoms with Gasteiger partial charge >= 0.3 is 0 Å². The fourth-order valence-electron chi connectivity index (χ4n) is 3.39. The highest BCUT2D eigenvalue weighted by atomic mass is 35.5. The number of nitrogens with zero attached hydrogens (tertiary/aromatic N) is 3. The molecule has 28 heavy (non-hydrogen) atoms. The lowest BCUT2D eigenvalue weighted by Crippen LogP contribution is -2.23. The maximum absolute atomic E-state index is 6.14. The molecule has 0 spiro atoms. The number of halogens is 2. The maximum atomic E-state index is 6.14. The average Bonchev–Trinajstić information content (AvgIpc) is 2.72. The van der Waals surface area contributed by atoms with Crippen LogP contribution in [0.25, 0.3) is 11.3 Å². The molecule has 5 nitrogen and oxygen atoms in total. The van der Waals surface area contributed by atoms with Crippen molar-refractivity contribution in [3.63, 3.8) is 0 Å². The molecule has 1 aliphatic rings. The van der Waals surface area contributed by atoms with Gasteiger partial charge in [0.1, 0.15) is 5.82 Å². The predicted molar refractivity (Wildman–Crippen MR) is 116 cm³/mol. The molecular formula is C21H21Cl2N5. The van der Waals surface area contributed by atoms with E-state index in [1.165, 1.54) is 19.3 Å². The first-order chi connectivity index (χ1) is 13.7. The van der Waals surface area contributed by atoms with Crippen LogP contribution in [0.15, 0.2) is 48.8 Å². The molecule has 1 aromatic carbocycles. The van der Waals surface area contributed by atoms with Gasteiger partial charge in [0, 0.05) is 35.8 Å². The molecule has 0 atom stereocenters. The van der Waals surface area contributed by atoms with Crippen molar-refractivity contribution < 1.29 is 0 Å². The van der Waals surface area contributed by atoms with Crippen LogP contribution in [0.1, 0.15) is 32.1 Å². The molecular weight excluding hydrogens is 393 g/mol. The highest BCUT2D eigenvalue weighted by Gasteiger charge is 2.16. The van der Waals surface area contributed by atoms with Crippen LogP contribution in [0.4, 0.5) is 17.5 Å². The van der Waals surface area contributed by atoms with E-state index in [4.69, 9.17) is 28.2 Å². The van der Waals surface area contributed by atoms with Crippen molar-refractivity contribution in [2.45, 2.75) is 38.1 Å². The van der Waals surface area contributed by atoms with Gasteiger partial charge in [-0.2, -0.15) is 4.98 Å². The summed E-state index contributed by atoms with van der Waals surface area (Å²) in [7, 11) is 0. The number of pyridine rings is 1. The summed E-state index contributed by atoms with van der Waals surface area (Å²) in [6, 6.07) is 11.6. The van der Waals surface area contributed by atoms with E-state index in [0.29, 0.717) is 27.9 Å². The molecule has 2 aromatic heterocycles. The number of benzene rings is 1. The molecule has 2 heterocycles. The van der Waals surface area contributed by atoms with Crippen molar-refractivity contribution in [3.8, 4) is 11.3 Å². The molecule has 1 aliphatic carbocycles.